The molecule has 2 aliphatic rings. The Labute approximate surface area is 164 Å². The summed E-state index contributed by atoms with van der Waals surface area (Å²) in [4.78, 5) is 4.28. The van der Waals surface area contributed by atoms with Crippen LogP contribution in [0.2, 0.25) is 0 Å². The molecule has 9 heteroatoms. The number of nitrogens with zero attached hydrogens (tertiary/aromatic N) is 5. The number of piperazine rings is 1. The smallest absolute Gasteiger partial charge is 0.243 e. The zero-order chi connectivity index (χ0) is 19.6. The zero-order valence-electron chi connectivity index (χ0n) is 15.7. The van der Waals surface area contributed by atoms with Gasteiger partial charge in [-0.25, -0.2) is 12.8 Å². The van der Waals surface area contributed by atoms with Gasteiger partial charge in [0.15, 0.2) is 11.6 Å². The third-order valence-electron chi connectivity index (χ3n) is 5.31. The maximum atomic E-state index is 13.4. The minimum absolute atomic E-state index is 0.00775. The highest BCUT2D eigenvalue weighted by Crippen LogP contribution is 2.22. The van der Waals surface area contributed by atoms with E-state index in [9.17, 15) is 12.8 Å². The van der Waals surface area contributed by atoms with E-state index >= 15 is 0 Å². The monoisotopic (exact) mass is 405 g/mol. The first kappa shape index (κ1) is 19.1. The molecular formula is C19H24FN5O2S. The van der Waals surface area contributed by atoms with Gasteiger partial charge in [0.25, 0.3) is 0 Å². The summed E-state index contributed by atoms with van der Waals surface area (Å²) in [6.07, 6.45) is 3.64. The third-order valence-corrected chi connectivity index (χ3v) is 7.21. The van der Waals surface area contributed by atoms with Crippen molar-refractivity contribution in [1.29, 1.82) is 0 Å². The van der Waals surface area contributed by atoms with E-state index in [0.29, 0.717) is 26.2 Å². The van der Waals surface area contributed by atoms with Gasteiger partial charge in [0.1, 0.15) is 5.82 Å². The first-order chi connectivity index (χ1) is 13.5. The fourth-order valence-corrected chi connectivity index (χ4v) is 5.17. The second-order valence-corrected chi connectivity index (χ2v) is 9.08. The lowest BCUT2D eigenvalue weighted by atomic mass is 10.1. The zero-order valence-corrected chi connectivity index (χ0v) is 16.5. The summed E-state index contributed by atoms with van der Waals surface area (Å²) in [5.41, 5.74) is 0. The molecular weight excluding hydrogens is 381 g/mol. The van der Waals surface area contributed by atoms with Crippen LogP contribution >= 0.6 is 0 Å². The third kappa shape index (κ3) is 3.95. The molecule has 0 aliphatic carbocycles. The van der Waals surface area contributed by atoms with Crippen molar-refractivity contribution < 1.29 is 12.8 Å². The van der Waals surface area contributed by atoms with Crippen LogP contribution in [0.4, 0.5) is 16.0 Å². The fraction of sp³-hybridized carbons (Fsp3) is 0.474. The van der Waals surface area contributed by atoms with Crippen molar-refractivity contribution in [3.8, 4) is 0 Å². The number of piperidine rings is 1. The van der Waals surface area contributed by atoms with Crippen molar-refractivity contribution in [2.24, 2.45) is 0 Å². The summed E-state index contributed by atoms with van der Waals surface area (Å²) in [5.74, 6) is 1.10. The minimum Gasteiger partial charge on any atom is -0.355 e. The van der Waals surface area contributed by atoms with Gasteiger partial charge < -0.3 is 9.80 Å². The van der Waals surface area contributed by atoms with Gasteiger partial charge in [-0.15, -0.1) is 10.2 Å². The largest absolute Gasteiger partial charge is 0.355 e. The average Bonchev–Trinajstić information content (AvgIpc) is 2.75. The molecule has 7 nitrogen and oxygen atoms in total. The molecule has 0 amide bonds. The van der Waals surface area contributed by atoms with E-state index < -0.39 is 15.8 Å². The summed E-state index contributed by atoms with van der Waals surface area (Å²) in [7, 11) is -3.69. The lowest BCUT2D eigenvalue weighted by molar-refractivity contribution is 0.383. The molecule has 2 aromatic rings. The molecule has 2 saturated heterocycles. The predicted octanol–water partition coefficient (Wildman–Crippen LogP) is 2.12. The lowest BCUT2D eigenvalue weighted by Gasteiger charge is -2.34. The quantitative estimate of drug-likeness (QED) is 0.776. The van der Waals surface area contributed by atoms with Gasteiger partial charge >= 0.3 is 0 Å². The Morgan fingerprint density at radius 3 is 1.96 bits per heavy atom. The molecule has 0 unspecified atom stereocenters. The Morgan fingerprint density at radius 1 is 0.786 bits per heavy atom. The highest BCUT2D eigenvalue weighted by molar-refractivity contribution is 7.89. The van der Waals surface area contributed by atoms with Crippen LogP contribution < -0.4 is 9.80 Å². The first-order valence-corrected chi connectivity index (χ1v) is 11.1. The van der Waals surface area contributed by atoms with E-state index in [0.717, 1.165) is 30.8 Å². The van der Waals surface area contributed by atoms with Crippen molar-refractivity contribution in [3.05, 3.63) is 42.2 Å². The topological polar surface area (TPSA) is 69.6 Å². The molecule has 2 aliphatic heterocycles. The maximum absolute atomic E-state index is 13.4. The van der Waals surface area contributed by atoms with Gasteiger partial charge in [0, 0.05) is 39.3 Å². The summed E-state index contributed by atoms with van der Waals surface area (Å²) >= 11 is 0. The van der Waals surface area contributed by atoms with Crippen molar-refractivity contribution in [2.75, 3.05) is 49.1 Å². The molecule has 28 heavy (non-hydrogen) atoms. The van der Waals surface area contributed by atoms with E-state index in [1.54, 1.807) is 0 Å². The molecule has 0 spiro atoms. The Kier molecular flexibility index (Phi) is 5.45. The highest BCUT2D eigenvalue weighted by atomic mass is 32.2. The Bertz CT molecular complexity index is 908. The van der Waals surface area contributed by atoms with Crippen molar-refractivity contribution in [2.45, 2.75) is 24.2 Å². The van der Waals surface area contributed by atoms with Crippen LogP contribution in [0.5, 0.6) is 0 Å². The molecule has 150 valence electrons. The SMILES string of the molecule is O=S(=O)(c1cccc(F)c1)N1CCN(c2ccc(N3CCCCC3)nn2)CC1. The molecule has 0 saturated carbocycles. The molecule has 2 fully saturated rings. The summed E-state index contributed by atoms with van der Waals surface area (Å²) in [5, 5.41) is 8.71. The average molecular weight is 405 g/mol. The molecule has 1 aromatic carbocycles. The molecule has 3 heterocycles. The van der Waals surface area contributed by atoms with Crippen LogP contribution in [0.25, 0.3) is 0 Å². The Morgan fingerprint density at radius 2 is 1.39 bits per heavy atom. The van der Waals surface area contributed by atoms with Gasteiger partial charge in [-0.05, 0) is 49.6 Å². The highest BCUT2D eigenvalue weighted by Gasteiger charge is 2.29. The van der Waals surface area contributed by atoms with Crippen molar-refractivity contribution >= 4 is 21.7 Å². The maximum Gasteiger partial charge on any atom is 0.243 e. The van der Waals surface area contributed by atoms with Gasteiger partial charge in [-0.3, -0.25) is 0 Å². The summed E-state index contributed by atoms with van der Waals surface area (Å²) in [6, 6.07) is 9.08. The van der Waals surface area contributed by atoms with Crippen LogP contribution in [0.15, 0.2) is 41.3 Å². The van der Waals surface area contributed by atoms with Gasteiger partial charge in [0.2, 0.25) is 10.0 Å². The van der Waals surface area contributed by atoms with Crippen molar-refractivity contribution in [1.82, 2.24) is 14.5 Å². The molecule has 0 N–H and O–H groups in total. The van der Waals surface area contributed by atoms with E-state index in [1.165, 1.54) is 41.8 Å². The number of anilines is 2. The van der Waals surface area contributed by atoms with Crippen molar-refractivity contribution in [3.63, 3.8) is 0 Å². The number of hydrogen-bond acceptors (Lipinski definition) is 6. The number of sulfonamides is 1. The number of rotatable bonds is 4. The van der Waals surface area contributed by atoms with Crippen LogP contribution in [-0.2, 0) is 10.0 Å². The predicted molar refractivity (Wildman–Crippen MR) is 105 cm³/mol. The molecule has 0 atom stereocenters. The number of aromatic nitrogens is 2. The second kappa shape index (κ2) is 8.00. The van der Waals surface area contributed by atoms with Crippen LogP contribution in [0, 0.1) is 5.82 Å². The van der Waals surface area contributed by atoms with Crippen LogP contribution in [0.1, 0.15) is 19.3 Å². The molecule has 0 radical (unpaired) electrons. The number of halogens is 1. The van der Waals surface area contributed by atoms with E-state index in [4.69, 9.17) is 0 Å². The Balaban J connectivity index is 1.40. The second-order valence-electron chi connectivity index (χ2n) is 7.15. The van der Waals surface area contributed by atoms with Gasteiger partial charge in [-0.1, -0.05) is 6.07 Å². The van der Waals surface area contributed by atoms with Crippen LogP contribution in [0.3, 0.4) is 0 Å². The van der Waals surface area contributed by atoms with E-state index in [1.807, 2.05) is 17.0 Å². The number of benzene rings is 1. The molecule has 1 aromatic heterocycles. The normalized spacial score (nSPS) is 19.0. The minimum atomic E-state index is -3.69. The summed E-state index contributed by atoms with van der Waals surface area (Å²) in [6.45, 7) is 3.73. The van der Waals surface area contributed by atoms with E-state index in [-0.39, 0.29) is 4.90 Å². The fourth-order valence-electron chi connectivity index (χ4n) is 3.71. The number of hydrogen-bond donors (Lipinski definition) is 0. The molecule has 0 bridgehead atoms. The van der Waals surface area contributed by atoms with Gasteiger partial charge in [-0.2, -0.15) is 4.31 Å². The van der Waals surface area contributed by atoms with E-state index in [2.05, 4.69) is 15.1 Å². The Hall–Kier alpha value is -2.26. The summed E-state index contributed by atoms with van der Waals surface area (Å²) < 4.78 is 40.2. The van der Waals surface area contributed by atoms with Crippen LogP contribution in [-0.4, -0.2) is 62.2 Å². The van der Waals surface area contributed by atoms with Gasteiger partial charge in [0.05, 0.1) is 4.90 Å². The first-order valence-electron chi connectivity index (χ1n) is 9.63. The molecule has 4 rings (SSSR count). The standard InChI is InChI=1S/C19H24FN5O2S/c20-16-5-4-6-17(15-16)28(26,27)25-13-11-24(12-14-25)19-8-7-18(21-22-19)23-9-2-1-3-10-23/h4-8,15H,1-3,9-14H2. The lowest BCUT2D eigenvalue weighted by Crippen LogP contribution is -2.49.